The Bertz CT molecular complexity index is 1010. The number of carbonyl (C=O) groups excluding carboxylic acids is 1. The first-order valence-corrected chi connectivity index (χ1v) is 10.8. The maximum absolute atomic E-state index is 13.0. The second kappa shape index (κ2) is 9.89. The van der Waals surface area contributed by atoms with Gasteiger partial charge in [-0.05, 0) is 38.3 Å². The number of hydrogen-bond acceptors (Lipinski definition) is 6. The molecule has 0 saturated heterocycles. The van der Waals surface area contributed by atoms with Gasteiger partial charge in [0.05, 0.1) is 23.7 Å². The minimum absolute atomic E-state index is 0.170. The number of para-hydroxylation sites is 2. The summed E-state index contributed by atoms with van der Waals surface area (Å²) in [4.78, 5) is 22.4. The lowest BCUT2D eigenvalue weighted by atomic mass is 10.1. The van der Waals surface area contributed by atoms with Crippen molar-refractivity contribution < 1.29 is 14.3 Å². The van der Waals surface area contributed by atoms with Crippen molar-refractivity contribution >= 4 is 34.0 Å². The van der Waals surface area contributed by atoms with Crippen LogP contribution in [0.5, 0.6) is 0 Å². The molecular weight excluding hydrogens is 380 g/mol. The van der Waals surface area contributed by atoms with Crippen LogP contribution in [0.15, 0.2) is 24.3 Å². The zero-order valence-corrected chi connectivity index (χ0v) is 18.4. The van der Waals surface area contributed by atoms with Crippen molar-refractivity contribution in [2.75, 3.05) is 18.9 Å². The average Bonchev–Trinajstić information content (AvgIpc) is 3.00. The minimum atomic E-state index is -0.439. The molecule has 7 nitrogen and oxygen atoms in total. The highest BCUT2D eigenvalue weighted by molar-refractivity contribution is 6.08. The second-order valence-electron chi connectivity index (χ2n) is 7.85. The first-order chi connectivity index (χ1) is 14.5. The molecule has 2 heterocycles. The lowest BCUT2D eigenvalue weighted by molar-refractivity contribution is 0.0436. The number of aryl methyl sites for hydroxylation is 1. The predicted molar refractivity (Wildman–Crippen MR) is 120 cm³/mol. The van der Waals surface area contributed by atoms with Gasteiger partial charge in [-0.15, -0.1) is 0 Å². The molecule has 0 fully saturated rings. The Balaban J connectivity index is 1.98. The predicted octanol–water partition coefficient (Wildman–Crippen LogP) is 4.57. The van der Waals surface area contributed by atoms with Crippen molar-refractivity contribution in [1.29, 1.82) is 0 Å². The van der Waals surface area contributed by atoms with Gasteiger partial charge >= 0.3 is 5.97 Å². The van der Waals surface area contributed by atoms with Crippen LogP contribution in [-0.2, 0) is 16.0 Å². The molecule has 7 heteroatoms. The number of nitrogens with zero attached hydrogens (tertiary/aromatic N) is 3. The maximum Gasteiger partial charge on any atom is 0.344 e. The molecule has 0 atom stereocenters. The fourth-order valence-corrected chi connectivity index (χ4v) is 3.48. The highest BCUT2D eigenvalue weighted by Gasteiger charge is 2.25. The van der Waals surface area contributed by atoms with Crippen molar-refractivity contribution in [3.8, 4) is 0 Å². The molecule has 0 bridgehead atoms. The molecule has 0 amide bonds. The largest absolute Gasteiger partial charge is 0.462 e. The van der Waals surface area contributed by atoms with E-state index >= 15 is 0 Å². The number of esters is 1. The SMILES string of the molecule is CCC(CC)COC(=O)c1c(N)n(CCCOC(C)C)c2nc3ccccc3nc12. The lowest BCUT2D eigenvalue weighted by Gasteiger charge is -2.13. The average molecular weight is 413 g/mol. The smallest absolute Gasteiger partial charge is 0.344 e. The van der Waals surface area contributed by atoms with Crippen LogP contribution in [0.4, 0.5) is 5.82 Å². The molecule has 162 valence electrons. The summed E-state index contributed by atoms with van der Waals surface area (Å²) in [5.74, 6) is 0.245. The zero-order chi connectivity index (χ0) is 21.7. The number of hydrogen-bond donors (Lipinski definition) is 1. The molecule has 0 aliphatic heterocycles. The van der Waals surface area contributed by atoms with E-state index in [2.05, 4.69) is 13.8 Å². The molecular formula is C23H32N4O3. The molecule has 0 unspecified atom stereocenters. The third-order valence-electron chi connectivity index (χ3n) is 5.38. The standard InChI is InChI=1S/C23H32N4O3/c1-5-16(6-2)14-30-23(28)19-20-22(26-18-11-8-7-10-17(18)25-20)27(21(19)24)12-9-13-29-15(3)4/h7-8,10-11,15-16H,5-6,9,12-14,24H2,1-4H3. The van der Waals surface area contributed by atoms with Crippen molar-refractivity contribution in [1.82, 2.24) is 14.5 Å². The number of nitrogens with two attached hydrogens (primary N) is 1. The Morgan fingerprint density at radius 3 is 2.43 bits per heavy atom. The van der Waals surface area contributed by atoms with Gasteiger partial charge in [-0.2, -0.15) is 0 Å². The van der Waals surface area contributed by atoms with E-state index in [4.69, 9.17) is 25.2 Å². The molecule has 1 aromatic carbocycles. The molecule has 3 rings (SSSR count). The molecule has 0 radical (unpaired) electrons. The summed E-state index contributed by atoms with van der Waals surface area (Å²) < 4.78 is 13.1. The van der Waals surface area contributed by atoms with Crippen molar-refractivity contribution in [2.24, 2.45) is 5.92 Å². The van der Waals surface area contributed by atoms with E-state index in [1.807, 2.05) is 42.7 Å². The Hall–Kier alpha value is -2.67. The monoisotopic (exact) mass is 412 g/mol. The number of fused-ring (bicyclic) bond motifs is 2. The van der Waals surface area contributed by atoms with Crippen LogP contribution < -0.4 is 5.73 Å². The number of carbonyl (C=O) groups is 1. The van der Waals surface area contributed by atoms with Crippen molar-refractivity contribution in [3.05, 3.63) is 29.8 Å². The zero-order valence-electron chi connectivity index (χ0n) is 18.4. The maximum atomic E-state index is 13.0. The van der Waals surface area contributed by atoms with E-state index in [-0.39, 0.29) is 6.10 Å². The fraction of sp³-hybridized carbons (Fsp3) is 0.522. The van der Waals surface area contributed by atoms with Gasteiger partial charge in [0.25, 0.3) is 0 Å². The van der Waals surface area contributed by atoms with Crippen LogP contribution in [0.2, 0.25) is 0 Å². The van der Waals surface area contributed by atoms with Gasteiger partial charge in [-0.25, -0.2) is 14.8 Å². The van der Waals surface area contributed by atoms with Gasteiger partial charge in [0.1, 0.15) is 16.9 Å². The first-order valence-electron chi connectivity index (χ1n) is 10.8. The molecule has 30 heavy (non-hydrogen) atoms. The third kappa shape index (κ3) is 4.73. The van der Waals surface area contributed by atoms with Crippen LogP contribution >= 0.6 is 0 Å². The normalized spacial score (nSPS) is 11.8. The van der Waals surface area contributed by atoms with Crippen LogP contribution in [-0.4, -0.2) is 39.8 Å². The van der Waals surface area contributed by atoms with E-state index in [0.717, 1.165) is 30.3 Å². The van der Waals surface area contributed by atoms with Crippen molar-refractivity contribution in [2.45, 2.75) is 59.6 Å². The Kier molecular flexibility index (Phi) is 7.26. The summed E-state index contributed by atoms with van der Waals surface area (Å²) in [7, 11) is 0. The topological polar surface area (TPSA) is 92.3 Å². The number of benzene rings is 1. The highest BCUT2D eigenvalue weighted by atomic mass is 16.5. The summed E-state index contributed by atoms with van der Waals surface area (Å²) in [5.41, 5.74) is 9.32. The second-order valence-corrected chi connectivity index (χ2v) is 7.85. The quantitative estimate of drug-likeness (QED) is 0.387. The van der Waals surface area contributed by atoms with Crippen LogP contribution in [0.3, 0.4) is 0 Å². The third-order valence-corrected chi connectivity index (χ3v) is 5.38. The molecule has 2 aromatic heterocycles. The highest BCUT2D eigenvalue weighted by Crippen LogP contribution is 2.29. The van der Waals surface area contributed by atoms with Gasteiger partial charge < -0.3 is 19.8 Å². The number of nitrogen functional groups attached to an aromatic ring is 1. The van der Waals surface area contributed by atoms with Gasteiger partial charge in [-0.3, -0.25) is 0 Å². The number of aromatic nitrogens is 3. The van der Waals surface area contributed by atoms with Gasteiger partial charge in [0.2, 0.25) is 0 Å². The molecule has 0 aliphatic rings. The summed E-state index contributed by atoms with van der Waals surface area (Å²) >= 11 is 0. The minimum Gasteiger partial charge on any atom is -0.462 e. The molecule has 0 spiro atoms. The number of rotatable bonds is 10. The van der Waals surface area contributed by atoms with Gasteiger partial charge in [0.15, 0.2) is 5.65 Å². The van der Waals surface area contributed by atoms with E-state index in [0.29, 0.717) is 48.2 Å². The lowest BCUT2D eigenvalue weighted by Crippen LogP contribution is -2.15. The Morgan fingerprint density at radius 1 is 1.13 bits per heavy atom. The molecule has 0 saturated carbocycles. The fourth-order valence-electron chi connectivity index (χ4n) is 3.48. The van der Waals surface area contributed by atoms with Crippen molar-refractivity contribution in [3.63, 3.8) is 0 Å². The number of anilines is 1. The van der Waals surface area contributed by atoms with Crippen LogP contribution in [0, 0.1) is 5.92 Å². The van der Waals surface area contributed by atoms with E-state index < -0.39 is 5.97 Å². The van der Waals surface area contributed by atoms with Gasteiger partial charge in [-0.1, -0.05) is 38.8 Å². The summed E-state index contributed by atoms with van der Waals surface area (Å²) in [6.45, 7) is 9.77. The van der Waals surface area contributed by atoms with E-state index in [1.165, 1.54) is 0 Å². The number of ether oxygens (including phenoxy) is 2. The first kappa shape index (κ1) is 22.0. The summed E-state index contributed by atoms with van der Waals surface area (Å²) in [5, 5.41) is 0. The van der Waals surface area contributed by atoms with E-state index in [1.54, 1.807) is 0 Å². The molecule has 2 N–H and O–H groups in total. The van der Waals surface area contributed by atoms with E-state index in [9.17, 15) is 4.79 Å². The van der Waals surface area contributed by atoms with Crippen LogP contribution in [0.1, 0.15) is 57.3 Å². The molecule has 3 aromatic rings. The van der Waals surface area contributed by atoms with Crippen LogP contribution in [0.25, 0.3) is 22.2 Å². The van der Waals surface area contributed by atoms with Gasteiger partial charge in [0, 0.05) is 13.2 Å². The summed E-state index contributed by atoms with van der Waals surface area (Å²) in [6, 6.07) is 7.60. The summed E-state index contributed by atoms with van der Waals surface area (Å²) in [6.07, 6.45) is 2.84. The Labute approximate surface area is 177 Å². The molecule has 0 aliphatic carbocycles. The Morgan fingerprint density at radius 2 is 1.80 bits per heavy atom.